The van der Waals surface area contributed by atoms with E-state index in [2.05, 4.69) is 10.3 Å². The highest BCUT2D eigenvalue weighted by molar-refractivity contribution is 7.09. The van der Waals surface area contributed by atoms with Crippen molar-refractivity contribution >= 4 is 17.2 Å². The summed E-state index contributed by atoms with van der Waals surface area (Å²) in [7, 11) is 1.65. The summed E-state index contributed by atoms with van der Waals surface area (Å²) < 4.78 is 10.6. The van der Waals surface area contributed by atoms with Crippen molar-refractivity contribution in [1.82, 2.24) is 10.3 Å². The Balaban J connectivity index is 1.43. The predicted molar refractivity (Wildman–Crippen MR) is 107 cm³/mol. The number of ether oxygens (including phenoxy) is 2. The van der Waals surface area contributed by atoms with Gasteiger partial charge in [0.05, 0.1) is 17.8 Å². The zero-order valence-corrected chi connectivity index (χ0v) is 16.2. The first-order valence-electron chi connectivity index (χ1n) is 8.69. The molecule has 5 nitrogen and oxygen atoms in total. The van der Waals surface area contributed by atoms with Crippen LogP contribution in [0.3, 0.4) is 0 Å². The number of hydrogen-bond acceptors (Lipinski definition) is 5. The summed E-state index contributed by atoms with van der Waals surface area (Å²) >= 11 is 1.59. The van der Waals surface area contributed by atoms with Crippen molar-refractivity contribution in [3.8, 4) is 22.8 Å². The summed E-state index contributed by atoms with van der Waals surface area (Å²) in [6.07, 6.45) is 0.692. The number of amides is 1. The third-order valence-corrected chi connectivity index (χ3v) is 4.90. The van der Waals surface area contributed by atoms with Crippen molar-refractivity contribution in [3.05, 3.63) is 64.5 Å². The second-order valence-electron chi connectivity index (χ2n) is 6.06. The maximum absolute atomic E-state index is 11.9. The highest BCUT2D eigenvalue weighted by atomic mass is 32.1. The molecule has 0 saturated carbocycles. The molecule has 3 rings (SSSR count). The van der Waals surface area contributed by atoms with Gasteiger partial charge in [0.2, 0.25) is 0 Å². The number of benzene rings is 2. The zero-order chi connectivity index (χ0) is 19.1. The second-order valence-corrected chi connectivity index (χ2v) is 7.00. The van der Waals surface area contributed by atoms with E-state index < -0.39 is 0 Å². The molecular formula is C21H22N2O3S. The van der Waals surface area contributed by atoms with E-state index in [1.54, 1.807) is 18.4 Å². The molecule has 140 valence electrons. The lowest BCUT2D eigenvalue weighted by Crippen LogP contribution is -2.30. The van der Waals surface area contributed by atoms with E-state index >= 15 is 0 Å². The Morgan fingerprint density at radius 3 is 2.48 bits per heavy atom. The fourth-order valence-corrected chi connectivity index (χ4v) is 3.27. The first kappa shape index (κ1) is 18.9. The van der Waals surface area contributed by atoms with Gasteiger partial charge in [-0.3, -0.25) is 4.79 Å². The van der Waals surface area contributed by atoms with Crippen LogP contribution in [0.1, 0.15) is 10.6 Å². The molecule has 3 aromatic rings. The molecule has 0 unspecified atom stereocenters. The van der Waals surface area contributed by atoms with Crippen LogP contribution in [0.5, 0.6) is 11.5 Å². The molecule has 0 saturated heterocycles. The lowest BCUT2D eigenvalue weighted by Gasteiger charge is -2.07. The quantitative estimate of drug-likeness (QED) is 0.643. The molecular weight excluding hydrogens is 360 g/mol. The van der Waals surface area contributed by atoms with Crippen LogP contribution in [0.15, 0.2) is 53.9 Å². The van der Waals surface area contributed by atoms with E-state index in [-0.39, 0.29) is 12.5 Å². The third-order valence-electron chi connectivity index (χ3n) is 3.99. The molecule has 0 bridgehead atoms. The number of aryl methyl sites for hydroxylation is 1. The van der Waals surface area contributed by atoms with Gasteiger partial charge >= 0.3 is 0 Å². The van der Waals surface area contributed by atoms with E-state index in [9.17, 15) is 4.79 Å². The highest BCUT2D eigenvalue weighted by Crippen LogP contribution is 2.24. The summed E-state index contributed by atoms with van der Waals surface area (Å²) in [5.74, 6) is 1.38. The van der Waals surface area contributed by atoms with Gasteiger partial charge in [0.15, 0.2) is 6.61 Å². The van der Waals surface area contributed by atoms with E-state index in [4.69, 9.17) is 9.47 Å². The Kier molecular flexibility index (Phi) is 6.44. The fraction of sp³-hybridized carbons (Fsp3) is 0.238. The summed E-state index contributed by atoms with van der Waals surface area (Å²) in [5.41, 5.74) is 3.14. The summed E-state index contributed by atoms with van der Waals surface area (Å²) in [6, 6.07) is 15.4. The molecule has 0 atom stereocenters. The van der Waals surface area contributed by atoms with Gasteiger partial charge in [0.25, 0.3) is 5.91 Å². The molecule has 0 aliphatic carbocycles. The van der Waals surface area contributed by atoms with Crippen molar-refractivity contribution in [3.63, 3.8) is 0 Å². The van der Waals surface area contributed by atoms with E-state index in [0.29, 0.717) is 18.7 Å². The minimum Gasteiger partial charge on any atom is -0.497 e. The maximum atomic E-state index is 11.9. The van der Waals surface area contributed by atoms with Gasteiger partial charge in [0.1, 0.15) is 11.5 Å². The van der Waals surface area contributed by atoms with Gasteiger partial charge in [-0.15, -0.1) is 11.3 Å². The van der Waals surface area contributed by atoms with Crippen LogP contribution in [-0.2, 0) is 11.2 Å². The lowest BCUT2D eigenvalue weighted by atomic mass is 10.2. The first-order chi connectivity index (χ1) is 13.1. The molecule has 1 amide bonds. The maximum Gasteiger partial charge on any atom is 0.257 e. The average molecular weight is 382 g/mol. The molecule has 0 fully saturated rings. The number of methoxy groups -OCH3 is 1. The molecule has 2 aromatic carbocycles. The monoisotopic (exact) mass is 382 g/mol. The average Bonchev–Trinajstić information content (AvgIpc) is 3.16. The van der Waals surface area contributed by atoms with Crippen molar-refractivity contribution < 1.29 is 14.3 Å². The number of nitrogens with one attached hydrogen (secondary N) is 1. The number of rotatable bonds is 8. The normalized spacial score (nSPS) is 10.4. The van der Waals surface area contributed by atoms with E-state index in [0.717, 1.165) is 27.6 Å². The van der Waals surface area contributed by atoms with Crippen molar-refractivity contribution in [2.45, 2.75) is 13.3 Å². The number of aromatic nitrogens is 1. The first-order valence-corrected chi connectivity index (χ1v) is 9.57. The van der Waals surface area contributed by atoms with Crippen LogP contribution < -0.4 is 14.8 Å². The summed E-state index contributed by atoms with van der Waals surface area (Å²) in [6.45, 7) is 2.55. The van der Waals surface area contributed by atoms with Gasteiger partial charge in [-0.05, 0) is 43.3 Å². The Hall–Kier alpha value is -2.86. The summed E-state index contributed by atoms with van der Waals surface area (Å²) in [4.78, 5) is 16.5. The van der Waals surface area contributed by atoms with Gasteiger partial charge < -0.3 is 14.8 Å². The molecule has 0 aliphatic heterocycles. The third kappa shape index (κ3) is 5.56. The molecule has 0 spiro atoms. The van der Waals surface area contributed by atoms with Gasteiger partial charge in [0, 0.05) is 23.9 Å². The van der Waals surface area contributed by atoms with E-state index in [1.165, 1.54) is 0 Å². The molecule has 1 N–H and O–H groups in total. The minimum absolute atomic E-state index is 0.0119. The Bertz CT molecular complexity index is 873. The molecule has 1 heterocycles. The van der Waals surface area contributed by atoms with E-state index in [1.807, 2.05) is 60.8 Å². The Labute approximate surface area is 163 Å². The molecule has 6 heteroatoms. The molecule has 0 radical (unpaired) electrons. The Morgan fingerprint density at radius 1 is 1.07 bits per heavy atom. The number of hydrogen-bond donors (Lipinski definition) is 1. The lowest BCUT2D eigenvalue weighted by molar-refractivity contribution is -0.123. The van der Waals surface area contributed by atoms with Crippen LogP contribution in [-0.4, -0.2) is 31.2 Å². The number of carbonyl (C=O) groups excluding carboxylic acids is 1. The largest absolute Gasteiger partial charge is 0.497 e. The van der Waals surface area contributed by atoms with Crippen LogP contribution in [0.4, 0.5) is 0 Å². The number of nitrogens with zero attached hydrogens (tertiary/aromatic N) is 1. The number of carbonyl (C=O) groups is 1. The standard InChI is InChI=1S/C21H22N2O3S/c1-15-3-7-18(8-4-15)26-13-20(24)22-12-11-21-23-19(14-27-21)16-5-9-17(25-2)10-6-16/h3-10,14H,11-13H2,1-2H3,(H,22,24). The van der Waals surface area contributed by atoms with Crippen LogP contribution in [0, 0.1) is 6.92 Å². The van der Waals surface area contributed by atoms with Gasteiger partial charge in [-0.25, -0.2) is 4.98 Å². The van der Waals surface area contributed by atoms with Gasteiger partial charge in [-0.2, -0.15) is 0 Å². The smallest absolute Gasteiger partial charge is 0.257 e. The van der Waals surface area contributed by atoms with Crippen LogP contribution in [0.25, 0.3) is 11.3 Å². The van der Waals surface area contributed by atoms with Crippen molar-refractivity contribution in [2.24, 2.45) is 0 Å². The van der Waals surface area contributed by atoms with Crippen LogP contribution >= 0.6 is 11.3 Å². The van der Waals surface area contributed by atoms with Crippen molar-refractivity contribution in [2.75, 3.05) is 20.3 Å². The fourth-order valence-electron chi connectivity index (χ4n) is 2.46. The SMILES string of the molecule is COc1ccc(-c2csc(CCNC(=O)COc3ccc(C)cc3)n2)cc1. The second kappa shape index (κ2) is 9.19. The zero-order valence-electron chi connectivity index (χ0n) is 15.4. The predicted octanol–water partition coefficient (Wildman–Crippen LogP) is 3.86. The molecule has 1 aromatic heterocycles. The molecule has 0 aliphatic rings. The van der Waals surface area contributed by atoms with Gasteiger partial charge in [-0.1, -0.05) is 17.7 Å². The summed E-state index contributed by atoms with van der Waals surface area (Å²) in [5, 5.41) is 5.88. The topological polar surface area (TPSA) is 60.5 Å². The van der Waals surface area contributed by atoms with Crippen LogP contribution in [0.2, 0.25) is 0 Å². The highest BCUT2D eigenvalue weighted by Gasteiger charge is 2.07. The Morgan fingerprint density at radius 2 is 1.78 bits per heavy atom. The minimum atomic E-state index is -0.137. The van der Waals surface area contributed by atoms with Crippen molar-refractivity contribution in [1.29, 1.82) is 0 Å². The molecule has 27 heavy (non-hydrogen) atoms. The number of thiazole rings is 1.